The van der Waals surface area contributed by atoms with E-state index in [1.165, 1.54) is 55.2 Å². The SMILES string of the molecule is Brc1ccc(I)cc1.CN(C)CC(=O)O.COc1cccc(C=O)c1Cl.COc1cccc(O)c1Cl.COc1cccc(Oc2ccc(B(O)O)cc2)c1Cl.COc1cccc(Oc2ccc(Br)cc2)c1Cl.Cl.O=Cc1cccc(O)c1.O=Cc1cccc(O)c1Cl. The Morgan fingerprint density at radius 1 is 0.489 bits per heavy atom. The Kier molecular flexibility index (Phi) is 41.7. The molecule has 0 bridgehead atoms. The summed E-state index contributed by atoms with van der Waals surface area (Å²) in [6.45, 7) is 0.111. The minimum Gasteiger partial charge on any atom is -0.508 e. The first kappa shape index (κ1) is 83.0. The number of phenols is 3. The highest BCUT2D eigenvalue weighted by atomic mass is 127. The smallest absolute Gasteiger partial charge is 0.488 e. The van der Waals surface area contributed by atoms with Gasteiger partial charge in [0.25, 0.3) is 0 Å². The lowest BCUT2D eigenvalue weighted by atomic mass is 9.80. The number of carboxylic acid groups (broad SMARTS) is 1. The largest absolute Gasteiger partial charge is 0.508 e. The van der Waals surface area contributed by atoms with Crippen LogP contribution in [0.2, 0.25) is 25.1 Å². The number of rotatable bonds is 14. The third-order valence-electron chi connectivity index (χ3n) is 10.6. The molecule has 0 saturated carbocycles. The summed E-state index contributed by atoms with van der Waals surface area (Å²) in [5.74, 6) is 3.77. The number of carbonyl (C=O) groups is 4. The maximum Gasteiger partial charge on any atom is 0.488 e. The molecule has 9 rings (SSSR count). The molecule has 0 unspecified atom stereocenters. The van der Waals surface area contributed by atoms with Crippen molar-refractivity contribution in [1.82, 2.24) is 4.90 Å². The Balaban J connectivity index is 0.000000537. The van der Waals surface area contributed by atoms with Crippen LogP contribution in [0.5, 0.6) is 63.2 Å². The minimum atomic E-state index is -1.49. The van der Waals surface area contributed by atoms with Crippen LogP contribution in [0.1, 0.15) is 31.1 Å². The number of aliphatic carboxylic acids is 1. The van der Waals surface area contributed by atoms with Crippen LogP contribution in [0.3, 0.4) is 0 Å². The van der Waals surface area contributed by atoms with Gasteiger partial charge in [-0.2, -0.15) is 0 Å². The zero-order valence-electron chi connectivity index (χ0n) is 49.6. The Hall–Kier alpha value is -6.97. The highest BCUT2D eigenvalue weighted by Crippen LogP contribution is 2.38. The van der Waals surface area contributed by atoms with Crippen molar-refractivity contribution < 1.29 is 78.1 Å². The number of likely N-dealkylation sites (N-methyl/N-ethyl adjacent to an activating group) is 1. The number of ether oxygens (including phenoxy) is 6. The van der Waals surface area contributed by atoms with Crippen molar-refractivity contribution in [3.63, 3.8) is 0 Å². The highest BCUT2D eigenvalue weighted by Gasteiger charge is 2.13. The lowest BCUT2D eigenvalue weighted by molar-refractivity contribution is -0.137. The summed E-state index contributed by atoms with van der Waals surface area (Å²) < 4.78 is 34.6. The number of hydrogen-bond acceptors (Lipinski definition) is 16. The number of aromatic hydroxyl groups is 3. The molecule has 27 heteroatoms. The monoisotopic (exact) mass is 1620 g/mol. The fraction of sp³-hybridized carbons (Fsp3) is 0.108. The second kappa shape index (κ2) is 46.2. The van der Waals surface area contributed by atoms with E-state index < -0.39 is 13.1 Å². The third kappa shape index (κ3) is 31.6. The number of methoxy groups -OCH3 is 4. The maximum atomic E-state index is 10.4. The Morgan fingerprint density at radius 3 is 1.20 bits per heavy atom. The molecule has 17 nitrogen and oxygen atoms in total. The van der Waals surface area contributed by atoms with Gasteiger partial charge < -0.3 is 58.9 Å². The Labute approximate surface area is 594 Å². The van der Waals surface area contributed by atoms with Gasteiger partial charge in [0, 0.05) is 29.2 Å². The number of nitrogens with zero attached hydrogens (tertiary/aromatic N) is 1. The van der Waals surface area contributed by atoms with Crippen LogP contribution in [0.25, 0.3) is 0 Å². The van der Waals surface area contributed by atoms with Crippen molar-refractivity contribution in [2.45, 2.75) is 0 Å². The molecule has 0 saturated heterocycles. The predicted octanol–water partition coefficient (Wildman–Crippen LogP) is 17.1. The molecule has 0 atom stereocenters. The maximum absolute atomic E-state index is 10.4. The van der Waals surface area contributed by atoms with E-state index in [0.29, 0.717) is 96.3 Å². The first-order valence-corrected chi connectivity index (χ1v) is 30.4. The van der Waals surface area contributed by atoms with Gasteiger partial charge in [0.15, 0.2) is 12.6 Å². The molecule has 0 aliphatic rings. The summed E-state index contributed by atoms with van der Waals surface area (Å²) in [6, 6.07) is 53.4. The number of carbonyl (C=O) groups excluding carboxylic acids is 3. The number of hydrogen-bond donors (Lipinski definition) is 6. The van der Waals surface area contributed by atoms with Gasteiger partial charge in [-0.25, -0.2) is 0 Å². The van der Waals surface area contributed by atoms with Crippen LogP contribution in [0, 0.1) is 3.57 Å². The average molecular weight is 1620 g/mol. The fourth-order valence-electron chi connectivity index (χ4n) is 6.28. The van der Waals surface area contributed by atoms with Crippen molar-refractivity contribution in [3.8, 4) is 63.2 Å². The van der Waals surface area contributed by atoms with Crippen molar-refractivity contribution in [3.05, 3.63) is 242 Å². The second-order valence-corrected chi connectivity index (χ2v) is 22.5. The van der Waals surface area contributed by atoms with E-state index in [1.807, 2.05) is 42.5 Å². The molecule has 6 N–H and O–H groups in total. The summed E-state index contributed by atoms with van der Waals surface area (Å²) in [4.78, 5) is 42.0. The van der Waals surface area contributed by atoms with Gasteiger partial charge in [0.2, 0.25) is 0 Å². The molecule has 0 aromatic heterocycles. The lowest BCUT2D eigenvalue weighted by Gasteiger charge is -2.10. The summed E-state index contributed by atoms with van der Waals surface area (Å²) in [5, 5.41) is 54.4. The van der Waals surface area contributed by atoms with E-state index in [9.17, 15) is 19.2 Å². The molecule has 0 radical (unpaired) electrons. The van der Waals surface area contributed by atoms with Crippen molar-refractivity contribution >= 4 is 162 Å². The number of phenolic OH excluding ortho intramolecular Hbond substituents is 3. The third-order valence-corrected chi connectivity index (χ3v) is 14.4. The Bertz CT molecular complexity index is 3660. The first-order valence-electron chi connectivity index (χ1n) is 25.8. The summed E-state index contributed by atoms with van der Waals surface area (Å²) in [7, 11) is 8.06. The standard InChI is InChI=1S/C13H12BClO4.C13H10BrClO2.C8H7ClO2.C7H7ClO2.C7H5ClO2.C7H6O2.C6H4BrI.C4H9NO2.ClH/c1-18-11-3-2-4-12(13(11)15)19-10-7-5-9(6-8-10)14(16)17;1-16-11-3-2-4-12(13(11)15)17-10-7-5-9(14)6-8-10;1-11-7-4-2-3-6(5-10)8(7)9;1-10-6-4-2-3-5(9)7(6)8;8-7-5(4-9)2-1-3-6(7)10;8-5-6-2-1-3-7(9)4-6;7-5-1-3-6(8)4-2-5;1-5(2)3-4(6)7;/h2-8,16-17H,1H3;2-8H,1H3;2-5H,1H3;2-4,9H,1H3;1-4,10H;1-5,9H;1-4H;3H2,1-2H3,(H,6,7);1H. The lowest BCUT2D eigenvalue weighted by Crippen LogP contribution is -2.29. The van der Waals surface area contributed by atoms with Crippen LogP contribution in [-0.4, -0.2) is 116 Å². The van der Waals surface area contributed by atoms with Gasteiger partial charge in [-0.3, -0.25) is 24.1 Å². The van der Waals surface area contributed by atoms with Gasteiger partial charge in [0.1, 0.15) is 84.6 Å². The number of benzene rings is 9. The molecular formula is C65H61BBr2Cl6INO16. The highest BCUT2D eigenvalue weighted by molar-refractivity contribution is 14.1. The number of carboxylic acids is 1. The molecule has 9 aromatic rings. The number of aldehydes is 3. The van der Waals surface area contributed by atoms with Crippen molar-refractivity contribution in [2.24, 2.45) is 0 Å². The van der Waals surface area contributed by atoms with Gasteiger partial charge in [-0.05, 0) is 176 Å². The molecular weight excluding hydrogens is 1560 g/mol. The van der Waals surface area contributed by atoms with Crippen LogP contribution in [0.15, 0.2) is 197 Å². The van der Waals surface area contributed by atoms with Gasteiger partial charge in [-0.1, -0.05) is 144 Å². The molecule has 0 amide bonds. The quantitative estimate of drug-likeness (QED) is 0.0336. The predicted molar refractivity (Wildman–Crippen MR) is 382 cm³/mol. The average Bonchev–Trinajstić information content (AvgIpc) is 2.01. The number of halogens is 9. The zero-order valence-corrected chi connectivity index (χ0v) is 59.5. The van der Waals surface area contributed by atoms with Gasteiger partial charge in [0.05, 0.1) is 45.0 Å². The molecule has 0 aliphatic heterocycles. The van der Waals surface area contributed by atoms with E-state index >= 15 is 0 Å². The second-order valence-electron chi connectivity index (χ2n) is 17.5. The van der Waals surface area contributed by atoms with E-state index in [0.717, 1.165) is 14.7 Å². The summed E-state index contributed by atoms with van der Waals surface area (Å²) in [6.07, 6.45) is 1.99. The van der Waals surface area contributed by atoms with Gasteiger partial charge in [-0.15, -0.1) is 12.4 Å². The van der Waals surface area contributed by atoms with Crippen molar-refractivity contribution in [1.29, 1.82) is 0 Å². The van der Waals surface area contributed by atoms with Crippen molar-refractivity contribution in [2.75, 3.05) is 49.1 Å². The minimum absolute atomic E-state index is 0. The van der Waals surface area contributed by atoms with Crippen LogP contribution in [0.4, 0.5) is 0 Å². The summed E-state index contributed by atoms with van der Waals surface area (Å²) >= 11 is 38.1. The van der Waals surface area contributed by atoms with Crippen LogP contribution < -0.4 is 33.9 Å². The normalized spacial score (nSPS) is 9.49. The van der Waals surface area contributed by atoms with Crippen LogP contribution >= 0.6 is 125 Å². The molecule has 488 valence electrons. The summed E-state index contributed by atoms with van der Waals surface area (Å²) in [5.41, 5.74) is 1.65. The van der Waals surface area contributed by atoms with E-state index in [2.05, 4.69) is 66.6 Å². The van der Waals surface area contributed by atoms with Gasteiger partial charge >= 0.3 is 13.1 Å². The van der Waals surface area contributed by atoms with E-state index in [4.69, 9.17) is 117 Å². The van der Waals surface area contributed by atoms with E-state index in [1.54, 1.807) is 129 Å². The molecule has 0 aliphatic carbocycles. The van der Waals surface area contributed by atoms with E-state index in [-0.39, 0.29) is 46.2 Å². The molecule has 0 spiro atoms. The fourth-order valence-corrected chi connectivity index (χ4v) is 8.27. The molecule has 9 aromatic carbocycles. The molecule has 92 heavy (non-hydrogen) atoms. The zero-order chi connectivity index (χ0) is 68.0. The molecule has 0 heterocycles. The topological polar surface area (TPSA) is 248 Å². The molecule has 0 fully saturated rings. The van der Waals surface area contributed by atoms with Crippen LogP contribution in [-0.2, 0) is 4.79 Å². The first-order chi connectivity index (χ1) is 43.4. The Morgan fingerprint density at radius 2 is 0.848 bits per heavy atom.